The van der Waals surface area contributed by atoms with Crippen molar-refractivity contribution >= 4 is 27.3 Å². The summed E-state index contributed by atoms with van der Waals surface area (Å²) in [6.45, 7) is 7.49. The van der Waals surface area contributed by atoms with Gasteiger partial charge in [0.15, 0.2) is 0 Å². The molecular formula is C15H23BrN2O2. The molecule has 0 aromatic heterocycles. The fraction of sp³-hybridized carbons (Fsp3) is 0.600. The van der Waals surface area contributed by atoms with E-state index in [-0.39, 0.29) is 10.6 Å². The lowest BCUT2D eigenvalue weighted by atomic mass is 10.1. The smallest absolute Gasteiger partial charge is 0.273 e. The zero-order valence-electron chi connectivity index (χ0n) is 12.4. The van der Waals surface area contributed by atoms with Crippen LogP contribution in [-0.4, -0.2) is 17.5 Å². The fourth-order valence-corrected chi connectivity index (χ4v) is 2.70. The molecule has 1 aromatic carbocycles. The Morgan fingerprint density at radius 3 is 2.55 bits per heavy atom. The minimum Gasteiger partial charge on any atom is -0.369 e. The van der Waals surface area contributed by atoms with Crippen molar-refractivity contribution in [2.24, 2.45) is 0 Å². The summed E-state index contributed by atoms with van der Waals surface area (Å²) in [7, 11) is 0. The lowest BCUT2D eigenvalue weighted by Crippen LogP contribution is -2.31. The highest BCUT2D eigenvalue weighted by Crippen LogP contribution is 2.28. The first kappa shape index (κ1) is 17.0. The van der Waals surface area contributed by atoms with Crippen LogP contribution in [0.1, 0.15) is 45.6 Å². The predicted octanol–water partition coefficient (Wildman–Crippen LogP) is 4.89. The average Bonchev–Trinajstić information content (AvgIpc) is 2.42. The van der Waals surface area contributed by atoms with Gasteiger partial charge in [-0.05, 0) is 32.4 Å². The van der Waals surface area contributed by atoms with E-state index < -0.39 is 0 Å². The van der Waals surface area contributed by atoms with Gasteiger partial charge in [0.05, 0.1) is 4.92 Å². The second-order valence-corrected chi connectivity index (χ2v) is 5.76. The van der Waals surface area contributed by atoms with Crippen molar-refractivity contribution in [1.29, 1.82) is 0 Å². The highest BCUT2D eigenvalue weighted by molar-refractivity contribution is 9.08. The standard InChI is InChI=1S/C15H23BrN2O2/c1-4-5-6-9-17(12(2)3)14-7-8-15(18(19)20)13(10-14)11-16/h7-8,10,12H,4-6,9,11H2,1-3H3. The summed E-state index contributed by atoms with van der Waals surface area (Å²) in [5.74, 6) is 0. The number of anilines is 1. The van der Waals surface area contributed by atoms with Gasteiger partial charge in [-0.1, -0.05) is 35.7 Å². The van der Waals surface area contributed by atoms with Gasteiger partial charge in [-0.25, -0.2) is 0 Å². The fourth-order valence-electron chi connectivity index (χ4n) is 2.25. The summed E-state index contributed by atoms with van der Waals surface area (Å²) < 4.78 is 0. The number of alkyl halides is 1. The van der Waals surface area contributed by atoms with E-state index in [2.05, 4.69) is 41.6 Å². The molecule has 0 saturated heterocycles. The van der Waals surface area contributed by atoms with Crippen molar-refractivity contribution in [3.63, 3.8) is 0 Å². The van der Waals surface area contributed by atoms with Crippen LogP contribution in [0, 0.1) is 10.1 Å². The molecule has 0 atom stereocenters. The molecule has 0 aliphatic rings. The summed E-state index contributed by atoms with van der Waals surface area (Å²) in [4.78, 5) is 13.0. The SMILES string of the molecule is CCCCCN(c1ccc([N+](=O)[O-])c(CBr)c1)C(C)C. The summed E-state index contributed by atoms with van der Waals surface area (Å²) in [6, 6.07) is 5.78. The molecule has 4 nitrogen and oxygen atoms in total. The number of nitrogens with zero attached hydrogens (tertiary/aromatic N) is 2. The highest BCUT2D eigenvalue weighted by atomic mass is 79.9. The maximum atomic E-state index is 11.0. The van der Waals surface area contributed by atoms with Crippen LogP contribution in [0.4, 0.5) is 11.4 Å². The van der Waals surface area contributed by atoms with Gasteiger partial charge in [0.1, 0.15) is 0 Å². The number of rotatable bonds is 8. The van der Waals surface area contributed by atoms with Crippen LogP contribution in [0.25, 0.3) is 0 Å². The summed E-state index contributed by atoms with van der Waals surface area (Å²) in [6.07, 6.45) is 3.55. The zero-order valence-corrected chi connectivity index (χ0v) is 14.0. The molecule has 20 heavy (non-hydrogen) atoms. The van der Waals surface area contributed by atoms with Gasteiger partial charge in [-0.3, -0.25) is 10.1 Å². The first-order valence-corrected chi connectivity index (χ1v) is 8.23. The number of benzene rings is 1. The van der Waals surface area contributed by atoms with Crippen molar-refractivity contribution in [1.82, 2.24) is 0 Å². The zero-order chi connectivity index (χ0) is 15.1. The van der Waals surface area contributed by atoms with Crippen LogP contribution in [0.2, 0.25) is 0 Å². The Balaban J connectivity index is 2.99. The third-order valence-corrected chi connectivity index (χ3v) is 3.97. The van der Waals surface area contributed by atoms with Gasteiger partial charge < -0.3 is 4.90 Å². The molecule has 0 amide bonds. The Morgan fingerprint density at radius 1 is 1.35 bits per heavy atom. The number of hydrogen-bond donors (Lipinski definition) is 0. The summed E-state index contributed by atoms with van der Waals surface area (Å²) in [5.41, 5.74) is 1.98. The molecule has 0 unspecified atom stereocenters. The molecule has 112 valence electrons. The van der Waals surface area contributed by atoms with Crippen LogP contribution in [-0.2, 0) is 5.33 Å². The number of hydrogen-bond acceptors (Lipinski definition) is 3. The van der Waals surface area contributed by atoms with E-state index in [1.807, 2.05) is 12.1 Å². The Kier molecular flexibility index (Phi) is 6.99. The van der Waals surface area contributed by atoms with Gasteiger partial charge in [0.2, 0.25) is 0 Å². The minimum absolute atomic E-state index is 0.183. The summed E-state index contributed by atoms with van der Waals surface area (Å²) in [5, 5.41) is 11.5. The van der Waals surface area contributed by atoms with Crippen LogP contribution in [0.3, 0.4) is 0 Å². The molecule has 0 spiro atoms. The first-order chi connectivity index (χ1) is 9.51. The lowest BCUT2D eigenvalue weighted by molar-refractivity contribution is -0.385. The predicted molar refractivity (Wildman–Crippen MR) is 87.7 cm³/mol. The van der Waals surface area contributed by atoms with Gasteiger partial charge in [0, 0.05) is 35.2 Å². The second kappa shape index (κ2) is 8.25. The molecule has 0 saturated carbocycles. The van der Waals surface area contributed by atoms with Crippen LogP contribution in [0.15, 0.2) is 18.2 Å². The monoisotopic (exact) mass is 342 g/mol. The Bertz CT molecular complexity index is 449. The van der Waals surface area contributed by atoms with Crippen molar-refractivity contribution in [2.75, 3.05) is 11.4 Å². The van der Waals surface area contributed by atoms with Crippen LogP contribution >= 0.6 is 15.9 Å². The van der Waals surface area contributed by atoms with Crippen molar-refractivity contribution in [3.8, 4) is 0 Å². The molecule has 0 heterocycles. The molecule has 0 radical (unpaired) electrons. The molecule has 0 fully saturated rings. The van der Waals surface area contributed by atoms with E-state index in [1.54, 1.807) is 6.07 Å². The molecule has 0 aliphatic heterocycles. The van der Waals surface area contributed by atoms with Crippen molar-refractivity contribution in [2.45, 2.75) is 51.4 Å². The number of halogens is 1. The molecule has 1 rings (SSSR count). The number of nitro benzene ring substituents is 1. The quantitative estimate of drug-likeness (QED) is 0.292. The van der Waals surface area contributed by atoms with Crippen molar-refractivity contribution in [3.05, 3.63) is 33.9 Å². The lowest BCUT2D eigenvalue weighted by Gasteiger charge is -2.29. The highest BCUT2D eigenvalue weighted by Gasteiger charge is 2.17. The van der Waals surface area contributed by atoms with E-state index in [4.69, 9.17) is 0 Å². The van der Waals surface area contributed by atoms with E-state index in [9.17, 15) is 10.1 Å². The van der Waals surface area contributed by atoms with E-state index in [0.29, 0.717) is 11.4 Å². The minimum atomic E-state index is -0.322. The first-order valence-electron chi connectivity index (χ1n) is 7.11. The largest absolute Gasteiger partial charge is 0.369 e. The maximum absolute atomic E-state index is 11.0. The molecule has 5 heteroatoms. The van der Waals surface area contributed by atoms with Crippen LogP contribution < -0.4 is 4.90 Å². The second-order valence-electron chi connectivity index (χ2n) is 5.20. The number of nitro groups is 1. The van der Waals surface area contributed by atoms with Gasteiger partial charge in [-0.2, -0.15) is 0 Å². The average molecular weight is 343 g/mol. The normalized spacial score (nSPS) is 10.8. The molecule has 0 bridgehead atoms. The Labute approximate surface area is 129 Å². The van der Waals surface area contributed by atoms with Crippen LogP contribution in [0.5, 0.6) is 0 Å². The summed E-state index contributed by atoms with van der Waals surface area (Å²) >= 11 is 3.34. The van der Waals surface area contributed by atoms with Crippen molar-refractivity contribution < 1.29 is 4.92 Å². The van der Waals surface area contributed by atoms with Gasteiger partial charge in [-0.15, -0.1) is 0 Å². The molecule has 0 aliphatic carbocycles. The Hall–Kier alpha value is -1.10. The van der Waals surface area contributed by atoms with Gasteiger partial charge >= 0.3 is 0 Å². The van der Waals surface area contributed by atoms with Gasteiger partial charge in [0.25, 0.3) is 5.69 Å². The molecular weight excluding hydrogens is 320 g/mol. The van der Waals surface area contributed by atoms with E-state index in [0.717, 1.165) is 24.2 Å². The Morgan fingerprint density at radius 2 is 2.05 bits per heavy atom. The van der Waals surface area contributed by atoms with E-state index in [1.165, 1.54) is 12.8 Å². The number of unbranched alkanes of at least 4 members (excludes halogenated alkanes) is 2. The third-order valence-electron chi connectivity index (χ3n) is 3.36. The maximum Gasteiger partial charge on any atom is 0.273 e. The third kappa shape index (κ3) is 4.47. The van der Waals surface area contributed by atoms with E-state index >= 15 is 0 Å². The molecule has 0 N–H and O–H groups in total. The topological polar surface area (TPSA) is 46.4 Å². The molecule has 1 aromatic rings.